The highest BCUT2D eigenvalue weighted by Crippen LogP contribution is 2.14. The molecule has 26 heavy (non-hydrogen) atoms. The van der Waals surface area contributed by atoms with Crippen molar-refractivity contribution in [3.05, 3.63) is 23.3 Å². The molecule has 0 saturated heterocycles. The molecule has 0 fully saturated rings. The Kier molecular flexibility index (Phi) is 6.21. The third-order valence-electron chi connectivity index (χ3n) is 3.80. The number of nitrogens with one attached hydrogen (secondary N) is 2. The standard InChI is InChI=1S/C16H22N6O4/c1-5-17-15(25)10(3)20-13(23)7-26-14(24)6-12-9(2)21-16-18-8-19-22(16)11(12)4/h8,10H,5-7H2,1-4H3,(H,17,25)(H,20,23)/t10-/m1/s1. The van der Waals surface area contributed by atoms with E-state index in [1.807, 2.05) is 0 Å². The molecule has 0 bridgehead atoms. The van der Waals surface area contributed by atoms with E-state index in [0.717, 1.165) is 5.69 Å². The second kappa shape index (κ2) is 8.37. The lowest BCUT2D eigenvalue weighted by atomic mass is 10.1. The van der Waals surface area contributed by atoms with Crippen molar-refractivity contribution >= 4 is 23.6 Å². The Hall–Kier alpha value is -3.04. The number of fused-ring (bicyclic) bond motifs is 1. The van der Waals surface area contributed by atoms with Crippen LogP contribution in [0.15, 0.2) is 6.33 Å². The van der Waals surface area contributed by atoms with Crippen LogP contribution in [-0.4, -0.2) is 56.6 Å². The third-order valence-corrected chi connectivity index (χ3v) is 3.80. The van der Waals surface area contributed by atoms with E-state index in [2.05, 4.69) is 25.7 Å². The molecule has 0 aliphatic rings. The van der Waals surface area contributed by atoms with Gasteiger partial charge in [-0.25, -0.2) is 9.50 Å². The predicted octanol–water partition coefficient (Wildman–Crippen LogP) is -0.532. The molecule has 0 saturated carbocycles. The average Bonchev–Trinajstić information content (AvgIpc) is 3.05. The van der Waals surface area contributed by atoms with Crippen LogP contribution < -0.4 is 10.6 Å². The first-order valence-corrected chi connectivity index (χ1v) is 8.22. The molecule has 0 aromatic carbocycles. The fraction of sp³-hybridized carbons (Fsp3) is 0.500. The van der Waals surface area contributed by atoms with Crippen molar-refractivity contribution in [3.63, 3.8) is 0 Å². The van der Waals surface area contributed by atoms with E-state index in [0.29, 0.717) is 23.6 Å². The lowest BCUT2D eigenvalue weighted by molar-refractivity contribution is -0.148. The van der Waals surface area contributed by atoms with Gasteiger partial charge in [-0.1, -0.05) is 0 Å². The van der Waals surface area contributed by atoms with Gasteiger partial charge in [-0.3, -0.25) is 14.4 Å². The van der Waals surface area contributed by atoms with Gasteiger partial charge < -0.3 is 15.4 Å². The van der Waals surface area contributed by atoms with Gasteiger partial charge in [-0.2, -0.15) is 10.1 Å². The van der Waals surface area contributed by atoms with Crippen molar-refractivity contribution in [1.82, 2.24) is 30.2 Å². The second-order valence-corrected chi connectivity index (χ2v) is 5.75. The Bertz CT molecular complexity index is 831. The Labute approximate surface area is 150 Å². The molecule has 2 amide bonds. The van der Waals surface area contributed by atoms with Gasteiger partial charge in [-0.05, 0) is 27.7 Å². The molecule has 0 unspecified atom stereocenters. The highest BCUT2D eigenvalue weighted by Gasteiger charge is 2.18. The molecule has 2 rings (SSSR count). The summed E-state index contributed by atoms with van der Waals surface area (Å²) in [6.07, 6.45) is 1.34. The summed E-state index contributed by atoms with van der Waals surface area (Å²) < 4.78 is 6.53. The van der Waals surface area contributed by atoms with Crippen molar-refractivity contribution in [2.24, 2.45) is 0 Å². The Morgan fingerprint density at radius 2 is 2.04 bits per heavy atom. The minimum atomic E-state index is -0.704. The van der Waals surface area contributed by atoms with Gasteiger partial charge in [0.05, 0.1) is 6.42 Å². The summed E-state index contributed by atoms with van der Waals surface area (Å²) in [5.74, 6) is -0.963. The number of carbonyl (C=O) groups excluding carboxylic acids is 3. The largest absolute Gasteiger partial charge is 0.455 e. The number of hydrogen-bond donors (Lipinski definition) is 2. The highest BCUT2D eigenvalue weighted by atomic mass is 16.5. The number of amides is 2. The third kappa shape index (κ3) is 4.52. The van der Waals surface area contributed by atoms with Gasteiger partial charge in [0.1, 0.15) is 12.4 Å². The minimum Gasteiger partial charge on any atom is -0.455 e. The highest BCUT2D eigenvalue weighted by molar-refractivity contribution is 5.88. The normalized spacial score (nSPS) is 11.8. The number of ether oxygens (including phenoxy) is 1. The average molecular weight is 362 g/mol. The van der Waals surface area contributed by atoms with Crippen LogP contribution in [0, 0.1) is 13.8 Å². The maximum Gasteiger partial charge on any atom is 0.310 e. The molecule has 0 spiro atoms. The van der Waals surface area contributed by atoms with Gasteiger partial charge in [0, 0.05) is 23.5 Å². The zero-order valence-corrected chi connectivity index (χ0v) is 15.2. The molecule has 10 heteroatoms. The summed E-state index contributed by atoms with van der Waals surface area (Å²) in [6, 6.07) is -0.704. The van der Waals surface area contributed by atoms with E-state index in [1.54, 1.807) is 27.7 Å². The lowest BCUT2D eigenvalue weighted by Gasteiger charge is -2.14. The smallest absolute Gasteiger partial charge is 0.310 e. The number of rotatable bonds is 7. The Morgan fingerprint density at radius 3 is 2.73 bits per heavy atom. The summed E-state index contributed by atoms with van der Waals surface area (Å²) in [4.78, 5) is 43.7. The zero-order chi connectivity index (χ0) is 19.3. The lowest BCUT2D eigenvalue weighted by Crippen LogP contribution is -2.46. The van der Waals surface area contributed by atoms with Crippen molar-refractivity contribution in [1.29, 1.82) is 0 Å². The van der Waals surface area contributed by atoms with Gasteiger partial charge in [0.25, 0.3) is 11.7 Å². The van der Waals surface area contributed by atoms with E-state index < -0.39 is 24.5 Å². The maximum absolute atomic E-state index is 12.1. The molecule has 10 nitrogen and oxygen atoms in total. The summed E-state index contributed by atoms with van der Waals surface area (Å²) in [7, 11) is 0. The van der Waals surface area contributed by atoms with Crippen LogP contribution in [-0.2, 0) is 25.5 Å². The van der Waals surface area contributed by atoms with Gasteiger partial charge in [0.2, 0.25) is 5.91 Å². The number of carbonyl (C=O) groups is 3. The molecule has 0 aliphatic carbocycles. The van der Waals surface area contributed by atoms with Crippen LogP contribution in [0.2, 0.25) is 0 Å². The first-order chi connectivity index (χ1) is 12.3. The number of esters is 1. The number of aromatic nitrogens is 4. The molecule has 1 atom stereocenters. The molecule has 2 heterocycles. The summed E-state index contributed by atoms with van der Waals surface area (Å²) in [5.41, 5.74) is 2.05. The van der Waals surface area contributed by atoms with E-state index in [4.69, 9.17) is 4.74 Å². The molecule has 140 valence electrons. The quantitative estimate of drug-likeness (QED) is 0.634. The fourth-order valence-electron chi connectivity index (χ4n) is 2.43. The summed E-state index contributed by atoms with van der Waals surface area (Å²) in [6.45, 7) is 6.92. The van der Waals surface area contributed by atoms with E-state index in [9.17, 15) is 14.4 Å². The number of hydrogen-bond acceptors (Lipinski definition) is 7. The number of likely N-dealkylation sites (N-methyl/N-ethyl adjacent to an activating group) is 1. The minimum absolute atomic E-state index is 0.0420. The monoisotopic (exact) mass is 362 g/mol. The summed E-state index contributed by atoms with van der Waals surface area (Å²) >= 11 is 0. The molecular weight excluding hydrogens is 340 g/mol. The van der Waals surface area contributed by atoms with Crippen LogP contribution in [0.3, 0.4) is 0 Å². The van der Waals surface area contributed by atoms with Gasteiger partial charge in [0.15, 0.2) is 6.61 Å². The number of aryl methyl sites for hydroxylation is 2. The molecule has 0 radical (unpaired) electrons. The molecule has 2 aromatic heterocycles. The second-order valence-electron chi connectivity index (χ2n) is 5.75. The van der Waals surface area contributed by atoms with Gasteiger partial charge >= 0.3 is 5.97 Å². The molecular formula is C16H22N6O4. The molecule has 2 N–H and O–H groups in total. The SMILES string of the molecule is CCNC(=O)[C@@H](C)NC(=O)COC(=O)Cc1c(C)nc2ncnn2c1C. The Balaban J connectivity index is 1.91. The van der Waals surface area contributed by atoms with Crippen molar-refractivity contribution in [2.75, 3.05) is 13.2 Å². The van der Waals surface area contributed by atoms with Gasteiger partial charge in [-0.15, -0.1) is 0 Å². The van der Waals surface area contributed by atoms with Crippen LogP contribution in [0.4, 0.5) is 0 Å². The predicted molar refractivity (Wildman–Crippen MR) is 91.2 cm³/mol. The fourth-order valence-corrected chi connectivity index (χ4v) is 2.43. The van der Waals surface area contributed by atoms with Crippen LogP contribution >= 0.6 is 0 Å². The topological polar surface area (TPSA) is 128 Å². The molecule has 0 aliphatic heterocycles. The van der Waals surface area contributed by atoms with E-state index >= 15 is 0 Å². The Morgan fingerprint density at radius 1 is 1.31 bits per heavy atom. The van der Waals surface area contributed by atoms with E-state index in [-0.39, 0.29) is 12.3 Å². The first kappa shape index (κ1) is 19.3. The zero-order valence-electron chi connectivity index (χ0n) is 15.2. The maximum atomic E-state index is 12.1. The van der Waals surface area contributed by atoms with Crippen LogP contribution in [0.5, 0.6) is 0 Å². The first-order valence-electron chi connectivity index (χ1n) is 8.22. The van der Waals surface area contributed by atoms with Crippen LogP contribution in [0.1, 0.15) is 30.8 Å². The summed E-state index contributed by atoms with van der Waals surface area (Å²) in [5, 5.41) is 9.11. The van der Waals surface area contributed by atoms with Crippen molar-refractivity contribution in [2.45, 2.75) is 40.2 Å². The van der Waals surface area contributed by atoms with E-state index in [1.165, 1.54) is 10.8 Å². The number of nitrogens with zero attached hydrogens (tertiary/aromatic N) is 4. The van der Waals surface area contributed by atoms with Crippen LogP contribution in [0.25, 0.3) is 5.78 Å². The molecule has 2 aromatic rings. The van der Waals surface area contributed by atoms with Crippen molar-refractivity contribution in [3.8, 4) is 0 Å². The van der Waals surface area contributed by atoms with Crippen molar-refractivity contribution < 1.29 is 19.1 Å².